The maximum absolute atomic E-state index is 13.3. The highest BCUT2D eigenvalue weighted by atomic mass is 19.4. The van der Waals surface area contributed by atoms with E-state index in [1.54, 1.807) is 0 Å². The topological polar surface area (TPSA) is 70.1 Å². The van der Waals surface area contributed by atoms with Crippen molar-refractivity contribution in [3.05, 3.63) is 114 Å². The van der Waals surface area contributed by atoms with Crippen LogP contribution in [0.25, 0.3) is 10.8 Å². The molecule has 6 nitrogen and oxygen atoms in total. The molecule has 2 aliphatic rings. The number of aliphatic carboxylic acids is 1. The van der Waals surface area contributed by atoms with Crippen LogP contribution in [0.15, 0.2) is 97.1 Å². The van der Waals surface area contributed by atoms with E-state index in [1.165, 1.54) is 29.4 Å². The Hall–Kier alpha value is -4.37. The van der Waals surface area contributed by atoms with Crippen LogP contribution in [0.4, 0.5) is 13.2 Å². The number of nitrogens with zero attached hydrogens (tertiary/aromatic N) is 2. The number of para-hydroxylation sites is 1. The fourth-order valence-corrected chi connectivity index (χ4v) is 6.13. The highest BCUT2D eigenvalue weighted by molar-refractivity contribution is 5.98. The van der Waals surface area contributed by atoms with Gasteiger partial charge < -0.3 is 14.7 Å². The Morgan fingerprint density at radius 2 is 1.33 bits per heavy atom. The van der Waals surface area contributed by atoms with Crippen LogP contribution in [-0.2, 0) is 17.9 Å². The Morgan fingerprint density at radius 3 is 2.00 bits per heavy atom. The van der Waals surface area contributed by atoms with Gasteiger partial charge in [0.05, 0.1) is 0 Å². The summed E-state index contributed by atoms with van der Waals surface area (Å²) in [6.45, 7) is 5.45. The van der Waals surface area contributed by atoms with Crippen LogP contribution < -0.4 is 4.74 Å². The van der Waals surface area contributed by atoms with Crippen LogP contribution in [0, 0.1) is 5.41 Å². The molecule has 0 saturated carbocycles. The molecule has 0 bridgehead atoms. The molecule has 6 rings (SSSR count). The van der Waals surface area contributed by atoms with E-state index in [2.05, 4.69) is 76.5 Å². The molecule has 2 aliphatic heterocycles. The molecule has 0 aromatic heterocycles. The molecule has 2 fully saturated rings. The fourth-order valence-electron chi connectivity index (χ4n) is 6.13. The van der Waals surface area contributed by atoms with Gasteiger partial charge >= 0.3 is 12.1 Å². The summed E-state index contributed by atoms with van der Waals surface area (Å²) in [5.41, 5.74) is 3.63. The molecule has 1 amide bonds. The maximum atomic E-state index is 13.3. The Balaban J connectivity index is 0.000000515. The van der Waals surface area contributed by atoms with Crippen LogP contribution in [-0.4, -0.2) is 59.1 Å². The van der Waals surface area contributed by atoms with E-state index in [0.29, 0.717) is 12.0 Å². The summed E-state index contributed by atoms with van der Waals surface area (Å²) in [6.07, 6.45) is -0.454. The quantitative estimate of drug-likeness (QED) is 0.241. The molecule has 9 heteroatoms. The van der Waals surface area contributed by atoms with Crippen molar-refractivity contribution in [1.29, 1.82) is 0 Å². The molecule has 0 aliphatic carbocycles. The van der Waals surface area contributed by atoms with Crippen molar-refractivity contribution < 1.29 is 32.6 Å². The van der Waals surface area contributed by atoms with Gasteiger partial charge in [-0.25, -0.2) is 4.79 Å². The minimum absolute atomic E-state index is 0.176. The smallest absolute Gasteiger partial charge is 0.489 e. The lowest BCUT2D eigenvalue weighted by Crippen LogP contribution is -2.48. The minimum atomic E-state index is -5.08. The van der Waals surface area contributed by atoms with E-state index >= 15 is 0 Å². The van der Waals surface area contributed by atoms with Gasteiger partial charge in [0.1, 0.15) is 12.4 Å². The fraction of sp³-hybridized carbons (Fsp3) is 0.333. The van der Waals surface area contributed by atoms with Gasteiger partial charge in [-0.1, -0.05) is 78.9 Å². The summed E-state index contributed by atoms with van der Waals surface area (Å²) >= 11 is 0. The maximum Gasteiger partial charge on any atom is 0.490 e. The average molecular weight is 619 g/mol. The van der Waals surface area contributed by atoms with Crippen molar-refractivity contribution in [2.45, 2.75) is 45.0 Å². The third-order valence-corrected chi connectivity index (χ3v) is 8.87. The van der Waals surface area contributed by atoms with Crippen LogP contribution in [0.2, 0.25) is 0 Å². The number of fused-ring (bicyclic) bond motifs is 1. The van der Waals surface area contributed by atoms with Crippen molar-refractivity contribution in [3.8, 4) is 5.75 Å². The number of carbonyl (C=O) groups is 2. The van der Waals surface area contributed by atoms with Gasteiger partial charge in [-0.3, -0.25) is 9.69 Å². The number of benzene rings is 4. The van der Waals surface area contributed by atoms with Gasteiger partial charge in [-0.15, -0.1) is 0 Å². The molecule has 0 radical (unpaired) electrons. The molecule has 0 atom stereocenters. The third kappa shape index (κ3) is 8.42. The molecule has 2 saturated heterocycles. The molecular formula is C36H37F3N2O4. The van der Waals surface area contributed by atoms with Gasteiger partial charge in [0, 0.05) is 30.8 Å². The molecule has 4 aromatic carbocycles. The summed E-state index contributed by atoms with van der Waals surface area (Å²) < 4.78 is 37.9. The number of carbonyl (C=O) groups excluding carboxylic acids is 1. The standard InChI is InChI=1S/C34H36N2O2.C2HF3O2/c37-33(30-15-14-28-10-4-5-11-29(28)24-30)36-22-18-34(19-23-36)16-20-35(21-17-34)25-31-12-6-7-13-32(31)38-26-27-8-2-1-3-9-27;3-2(4,5)1(6)7/h1-15,24H,16-23,25-26H2;(H,6,7). The van der Waals surface area contributed by atoms with E-state index < -0.39 is 12.1 Å². The molecule has 45 heavy (non-hydrogen) atoms. The van der Waals surface area contributed by atoms with E-state index in [0.717, 1.165) is 62.3 Å². The number of carboxylic acids is 1. The minimum Gasteiger partial charge on any atom is -0.489 e. The van der Waals surface area contributed by atoms with Crippen molar-refractivity contribution in [1.82, 2.24) is 9.80 Å². The zero-order chi connectivity index (χ0) is 31.9. The lowest BCUT2D eigenvalue weighted by atomic mass is 9.71. The summed E-state index contributed by atoms with van der Waals surface area (Å²) in [4.78, 5) is 26.8. The number of halogens is 3. The first-order valence-electron chi connectivity index (χ1n) is 15.2. The number of amides is 1. The van der Waals surface area contributed by atoms with E-state index in [9.17, 15) is 18.0 Å². The number of likely N-dealkylation sites (tertiary alicyclic amines) is 2. The second-order valence-corrected chi connectivity index (χ2v) is 11.8. The lowest BCUT2D eigenvalue weighted by Gasteiger charge is -2.47. The van der Waals surface area contributed by atoms with Crippen molar-refractivity contribution >= 4 is 22.6 Å². The first kappa shape index (κ1) is 32.0. The third-order valence-electron chi connectivity index (χ3n) is 8.87. The summed E-state index contributed by atoms with van der Waals surface area (Å²) in [5.74, 6) is -1.60. The Kier molecular flexibility index (Phi) is 10.1. The summed E-state index contributed by atoms with van der Waals surface area (Å²) in [5, 5.41) is 9.44. The first-order chi connectivity index (χ1) is 21.6. The molecule has 1 spiro atoms. The number of carboxylic acid groups (broad SMARTS) is 1. The number of hydrogen-bond donors (Lipinski definition) is 1. The number of alkyl halides is 3. The van der Waals surface area contributed by atoms with Crippen LogP contribution >= 0.6 is 0 Å². The normalized spacial score (nSPS) is 16.6. The Labute approximate surface area is 261 Å². The lowest BCUT2D eigenvalue weighted by molar-refractivity contribution is -0.192. The van der Waals surface area contributed by atoms with Gasteiger partial charge in [-0.05, 0) is 78.7 Å². The largest absolute Gasteiger partial charge is 0.490 e. The summed E-state index contributed by atoms with van der Waals surface area (Å²) in [6, 6.07) is 33.1. The van der Waals surface area contributed by atoms with E-state index in [-0.39, 0.29) is 5.91 Å². The number of ether oxygens (including phenoxy) is 1. The van der Waals surface area contributed by atoms with Gasteiger partial charge in [0.2, 0.25) is 0 Å². The van der Waals surface area contributed by atoms with Crippen LogP contribution in [0.3, 0.4) is 0 Å². The zero-order valence-corrected chi connectivity index (χ0v) is 25.0. The van der Waals surface area contributed by atoms with Crippen molar-refractivity contribution in [3.63, 3.8) is 0 Å². The van der Waals surface area contributed by atoms with E-state index in [4.69, 9.17) is 14.6 Å². The highest BCUT2D eigenvalue weighted by Crippen LogP contribution is 2.42. The van der Waals surface area contributed by atoms with Crippen LogP contribution in [0.5, 0.6) is 5.75 Å². The second kappa shape index (κ2) is 14.2. The number of hydrogen-bond acceptors (Lipinski definition) is 4. The predicted molar refractivity (Wildman–Crippen MR) is 167 cm³/mol. The average Bonchev–Trinajstić information content (AvgIpc) is 3.06. The van der Waals surface area contributed by atoms with E-state index in [1.807, 2.05) is 30.3 Å². The predicted octanol–water partition coefficient (Wildman–Crippen LogP) is 7.57. The number of rotatable bonds is 6. The molecule has 1 N–H and O–H groups in total. The zero-order valence-electron chi connectivity index (χ0n) is 25.0. The second-order valence-electron chi connectivity index (χ2n) is 11.8. The number of piperidine rings is 2. The molecule has 0 unspecified atom stereocenters. The molecule has 236 valence electrons. The van der Waals surface area contributed by atoms with Gasteiger partial charge in [0.15, 0.2) is 0 Å². The SMILES string of the molecule is O=C(O)C(F)(F)F.O=C(c1ccc2ccccc2c1)N1CCC2(CCN(Cc3ccccc3OCc3ccccc3)CC2)CC1. The monoisotopic (exact) mass is 618 g/mol. The van der Waals surface area contributed by atoms with Gasteiger partial charge in [-0.2, -0.15) is 13.2 Å². The van der Waals surface area contributed by atoms with Crippen molar-refractivity contribution in [2.75, 3.05) is 26.2 Å². The Bertz CT molecular complexity index is 1590. The van der Waals surface area contributed by atoms with Crippen molar-refractivity contribution in [2.24, 2.45) is 5.41 Å². The Morgan fingerprint density at radius 1 is 0.756 bits per heavy atom. The molecule has 2 heterocycles. The van der Waals surface area contributed by atoms with Crippen LogP contribution in [0.1, 0.15) is 47.2 Å². The van der Waals surface area contributed by atoms with Gasteiger partial charge in [0.25, 0.3) is 5.91 Å². The summed E-state index contributed by atoms with van der Waals surface area (Å²) in [7, 11) is 0. The highest BCUT2D eigenvalue weighted by Gasteiger charge is 2.39. The molecule has 4 aromatic rings. The molecular weight excluding hydrogens is 581 g/mol. The first-order valence-corrected chi connectivity index (χ1v) is 15.2.